The second kappa shape index (κ2) is 7.33. The first kappa shape index (κ1) is 14.9. The van der Waals surface area contributed by atoms with Gasteiger partial charge in [-0.2, -0.15) is 11.8 Å². The van der Waals surface area contributed by atoms with Crippen molar-refractivity contribution < 1.29 is 14.4 Å². The predicted molar refractivity (Wildman–Crippen MR) is 73.1 cm³/mol. The highest BCUT2D eigenvalue weighted by molar-refractivity contribution is 7.98. The van der Waals surface area contributed by atoms with Crippen molar-refractivity contribution >= 4 is 29.1 Å². The minimum absolute atomic E-state index is 0.0510. The van der Waals surface area contributed by atoms with E-state index in [1.807, 2.05) is 6.26 Å². The second-order valence-corrected chi connectivity index (χ2v) is 4.62. The molecule has 0 saturated carbocycles. The number of nitro benzene ring substituents is 1. The van der Waals surface area contributed by atoms with E-state index < -0.39 is 4.92 Å². The van der Waals surface area contributed by atoms with Crippen molar-refractivity contribution in [1.82, 2.24) is 0 Å². The lowest BCUT2D eigenvalue weighted by Gasteiger charge is -2.11. The van der Waals surface area contributed by atoms with E-state index in [9.17, 15) is 10.1 Å². The van der Waals surface area contributed by atoms with E-state index >= 15 is 0 Å². The molecule has 1 rings (SSSR count). The van der Waals surface area contributed by atoms with Crippen LogP contribution < -0.4 is 9.47 Å². The molecule has 0 heterocycles. The molecule has 0 aliphatic carbocycles. The summed E-state index contributed by atoms with van der Waals surface area (Å²) < 4.78 is 10.6. The van der Waals surface area contributed by atoms with E-state index in [0.717, 1.165) is 5.75 Å². The number of ether oxygens (including phenoxy) is 2. The number of thioether (sulfide) groups is 1. The minimum Gasteiger partial charge on any atom is -0.493 e. The average molecular weight is 292 g/mol. The van der Waals surface area contributed by atoms with Gasteiger partial charge in [-0.15, -0.1) is 11.6 Å². The summed E-state index contributed by atoms with van der Waals surface area (Å²) in [4.78, 5) is 10.4. The lowest BCUT2D eigenvalue weighted by atomic mass is 10.2. The first-order valence-electron chi connectivity index (χ1n) is 5.17. The van der Waals surface area contributed by atoms with Gasteiger partial charge in [-0.3, -0.25) is 10.1 Å². The Morgan fingerprint density at radius 1 is 1.44 bits per heavy atom. The molecule has 0 N–H and O–H groups in total. The summed E-state index contributed by atoms with van der Waals surface area (Å²) in [6.07, 6.45) is 1.96. The largest absolute Gasteiger partial charge is 0.493 e. The zero-order valence-corrected chi connectivity index (χ0v) is 11.7. The number of halogens is 1. The SMILES string of the molecule is COc1cc(CCl)c([N+](=O)[O-])cc1OCCSC. The smallest absolute Gasteiger partial charge is 0.277 e. The van der Waals surface area contributed by atoms with Crippen LogP contribution >= 0.6 is 23.4 Å². The third-order valence-corrected chi connectivity index (χ3v) is 3.11. The number of rotatable bonds is 7. The number of nitro groups is 1. The van der Waals surface area contributed by atoms with Crippen LogP contribution in [0.4, 0.5) is 5.69 Å². The molecule has 5 nitrogen and oxygen atoms in total. The normalized spacial score (nSPS) is 10.2. The van der Waals surface area contributed by atoms with Gasteiger partial charge < -0.3 is 9.47 Å². The first-order valence-corrected chi connectivity index (χ1v) is 7.09. The van der Waals surface area contributed by atoms with Crippen LogP contribution in [0.15, 0.2) is 12.1 Å². The number of benzene rings is 1. The Kier molecular flexibility index (Phi) is 6.07. The van der Waals surface area contributed by atoms with Gasteiger partial charge in [-0.1, -0.05) is 0 Å². The van der Waals surface area contributed by atoms with E-state index in [1.165, 1.54) is 13.2 Å². The van der Waals surface area contributed by atoms with Crippen LogP contribution in [0.5, 0.6) is 11.5 Å². The van der Waals surface area contributed by atoms with Gasteiger partial charge in [-0.05, 0) is 12.3 Å². The van der Waals surface area contributed by atoms with Crippen molar-refractivity contribution in [3.63, 3.8) is 0 Å². The average Bonchev–Trinajstić information content (AvgIpc) is 2.38. The fraction of sp³-hybridized carbons (Fsp3) is 0.455. The van der Waals surface area contributed by atoms with E-state index in [-0.39, 0.29) is 11.6 Å². The van der Waals surface area contributed by atoms with Crippen molar-refractivity contribution in [2.45, 2.75) is 5.88 Å². The maximum atomic E-state index is 10.9. The molecular weight excluding hydrogens is 278 g/mol. The maximum absolute atomic E-state index is 10.9. The van der Waals surface area contributed by atoms with Crippen LogP contribution in [-0.4, -0.2) is 30.6 Å². The van der Waals surface area contributed by atoms with Gasteiger partial charge in [0.2, 0.25) is 0 Å². The number of nitrogens with zero attached hydrogens (tertiary/aromatic N) is 1. The Morgan fingerprint density at radius 2 is 2.17 bits per heavy atom. The summed E-state index contributed by atoms with van der Waals surface area (Å²) in [6, 6.07) is 2.90. The summed E-state index contributed by atoms with van der Waals surface area (Å²) in [6.45, 7) is 0.467. The molecule has 18 heavy (non-hydrogen) atoms. The molecule has 0 aliphatic rings. The van der Waals surface area contributed by atoms with Gasteiger partial charge in [0.25, 0.3) is 5.69 Å². The van der Waals surface area contributed by atoms with Gasteiger partial charge in [0.15, 0.2) is 11.5 Å². The molecule has 0 amide bonds. The first-order chi connectivity index (χ1) is 8.63. The molecule has 0 radical (unpaired) electrons. The Balaban J connectivity index is 3.07. The van der Waals surface area contributed by atoms with E-state index in [2.05, 4.69) is 0 Å². The number of methoxy groups -OCH3 is 1. The molecule has 0 aliphatic heterocycles. The van der Waals surface area contributed by atoms with Crippen LogP contribution in [0.2, 0.25) is 0 Å². The molecule has 0 fully saturated rings. The third-order valence-electron chi connectivity index (χ3n) is 2.25. The quantitative estimate of drug-likeness (QED) is 0.334. The van der Waals surface area contributed by atoms with Gasteiger partial charge in [0.1, 0.15) is 0 Å². The summed E-state index contributed by atoms with van der Waals surface area (Å²) >= 11 is 7.31. The van der Waals surface area contributed by atoms with Gasteiger partial charge >= 0.3 is 0 Å². The van der Waals surface area contributed by atoms with Crippen molar-refractivity contribution in [3.05, 3.63) is 27.8 Å². The van der Waals surface area contributed by atoms with Crippen molar-refractivity contribution in [1.29, 1.82) is 0 Å². The predicted octanol–water partition coefficient (Wildman–Crippen LogP) is 3.08. The van der Waals surface area contributed by atoms with Crippen LogP contribution in [0.3, 0.4) is 0 Å². The summed E-state index contributed by atoms with van der Waals surface area (Å²) in [5, 5.41) is 10.9. The molecule has 1 aromatic rings. The van der Waals surface area contributed by atoms with Gasteiger partial charge in [-0.25, -0.2) is 0 Å². The van der Waals surface area contributed by atoms with Crippen LogP contribution in [-0.2, 0) is 5.88 Å². The monoisotopic (exact) mass is 291 g/mol. The number of hydrogen-bond acceptors (Lipinski definition) is 5. The Labute approximate surface area is 115 Å². The molecule has 0 spiro atoms. The van der Waals surface area contributed by atoms with Crippen LogP contribution in [0.25, 0.3) is 0 Å². The van der Waals surface area contributed by atoms with Crippen molar-refractivity contribution in [2.75, 3.05) is 25.7 Å². The molecular formula is C11H14ClNO4S. The number of alkyl halides is 1. The standard InChI is InChI=1S/C11H14ClNO4S/c1-16-10-5-8(7-12)9(13(14)15)6-11(10)17-3-4-18-2/h5-6H,3-4,7H2,1-2H3. The highest BCUT2D eigenvalue weighted by Crippen LogP contribution is 2.35. The zero-order chi connectivity index (χ0) is 13.5. The maximum Gasteiger partial charge on any atom is 0.277 e. The Hall–Kier alpha value is -1.14. The van der Waals surface area contributed by atoms with Gasteiger partial charge in [0.05, 0.1) is 30.6 Å². The summed E-state index contributed by atoms with van der Waals surface area (Å²) in [5.74, 6) is 1.68. The lowest BCUT2D eigenvalue weighted by Crippen LogP contribution is -2.03. The van der Waals surface area contributed by atoms with Crippen LogP contribution in [0, 0.1) is 10.1 Å². The fourth-order valence-corrected chi connectivity index (χ4v) is 1.84. The van der Waals surface area contributed by atoms with Crippen molar-refractivity contribution in [3.8, 4) is 11.5 Å². The molecule has 0 saturated heterocycles. The van der Waals surface area contributed by atoms with E-state index in [4.69, 9.17) is 21.1 Å². The highest BCUT2D eigenvalue weighted by Gasteiger charge is 2.18. The van der Waals surface area contributed by atoms with Gasteiger partial charge in [0, 0.05) is 11.3 Å². The Morgan fingerprint density at radius 3 is 2.67 bits per heavy atom. The lowest BCUT2D eigenvalue weighted by molar-refractivity contribution is -0.385. The minimum atomic E-state index is -0.474. The molecule has 100 valence electrons. The molecule has 1 aromatic carbocycles. The van der Waals surface area contributed by atoms with Crippen LogP contribution in [0.1, 0.15) is 5.56 Å². The molecule has 7 heteroatoms. The molecule has 0 atom stereocenters. The summed E-state index contributed by atoms with van der Waals surface area (Å²) in [5.41, 5.74) is 0.362. The molecule has 0 bridgehead atoms. The number of hydrogen-bond donors (Lipinski definition) is 0. The van der Waals surface area contributed by atoms with E-state index in [0.29, 0.717) is 23.7 Å². The third kappa shape index (κ3) is 3.68. The molecule has 0 unspecified atom stereocenters. The fourth-order valence-electron chi connectivity index (χ4n) is 1.38. The van der Waals surface area contributed by atoms with Crippen molar-refractivity contribution in [2.24, 2.45) is 0 Å². The Bertz CT molecular complexity index is 428. The second-order valence-electron chi connectivity index (χ2n) is 3.36. The summed E-state index contributed by atoms with van der Waals surface area (Å²) in [7, 11) is 1.49. The molecule has 0 aromatic heterocycles. The highest BCUT2D eigenvalue weighted by atomic mass is 35.5. The van der Waals surface area contributed by atoms with E-state index in [1.54, 1.807) is 17.8 Å². The zero-order valence-electron chi connectivity index (χ0n) is 10.1. The topological polar surface area (TPSA) is 61.6 Å².